The maximum Gasteiger partial charge on any atom is 0.265 e. The van der Waals surface area contributed by atoms with Gasteiger partial charge in [-0.3, -0.25) is 4.79 Å². The lowest BCUT2D eigenvalue weighted by Crippen LogP contribution is -2.30. The Bertz CT molecular complexity index is 655. The zero-order valence-electron chi connectivity index (χ0n) is 13.0. The summed E-state index contributed by atoms with van der Waals surface area (Å²) in [5, 5.41) is 2.87. The van der Waals surface area contributed by atoms with Gasteiger partial charge in [-0.25, -0.2) is 0 Å². The number of hydrogen-bond acceptors (Lipinski definition) is 2. The number of carbonyl (C=O) groups excluding carboxylic acids is 1. The number of amides is 1. The van der Waals surface area contributed by atoms with Crippen LogP contribution in [-0.4, -0.2) is 12.0 Å². The molecule has 0 radical (unpaired) electrons. The average Bonchev–Trinajstić information content (AvgIpc) is 2.49. The lowest BCUT2D eigenvalue weighted by atomic mass is 10.0. The summed E-state index contributed by atoms with van der Waals surface area (Å²) in [7, 11) is 0. The van der Waals surface area contributed by atoms with Crippen molar-refractivity contribution < 1.29 is 9.53 Å². The number of benzene rings is 2. The molecule has 4 heteroatoms. The van der Waals surface area contributed by atoms with E-state index in [-0.39, 0.29) is 5.91 Å². The maximum atomic E-state index is 12.3. The zero-order valence-corrected chi connectivity index (χ0v) is 14.6. The number of carbonyl (C=O) groups is 1. The second-order valence-electron chi connectivity index (χ2n) is 5.42. The maximum absolute atomic E-state index is 12.3. The third-order valence-electron chi connectivity index (χ3n) is 3.35. The number of anilines is 1. The minimum absolute atomic E-state index is 0.176. The van der Waals surface area contributed by atoms with Gasteiger partial charge >= 0.3 is 0 Å². The van der Waals surface area contributed by atoms with Crippen molar-refractivity contribution in [3.8, 4) is 5.75 Å². The Balaban J connectivity index is 2.08. The number of para-hydroxylation sites is 2. The first-order valence-electron chi connectivity index (χ1n) is 7.30. The quantitative estimate of drug-likeness (QED) is 0.815. The van der Waals surface area contributed by atoms with Crippen LogP contribution in [0.2, 0.25) is 0 Å². The highest BCUT2D eigenvalue weighted by Crippen LogP contribution is 2.27. The Hall–Kier alpha value is -1.81. The van der Waals surface area contributed by atoms with Crippen LogP contribution in [0, 0.1) is 0 Å². The predicted octanol–water partition coefficient (Wildman–Crippen LogP) is 4.98. The molecular weight excluding hydrogens is 342 g/mol. The van der Waals surface area contributed by atoms with E-state index in [4.69, 9.17) is 4.74 Å². The molecule has 1 N–H and O–H groups in total. The van der Waals surface area contributed by atoms with Crippen molar-refractivity contribution in [3.63, 3.8) is 0 Å². The third-order valence-corrected chi connectivity index (χ3v) is 4.04. The molecule has 0 saturated carbocycles. The molecule has 0 bridgehead atoms. The lowest BCUT2D eigenvalue weighted by molar-refractivity contribution is -0.122. The molecule has 0 aliphatic heterocycles. The van der Waals surface area contributed by atoms with E-state index in [9.17, 15) is 4.79 Å². The first-order chi connectivity index (χ1) is 10.5. The van der Waals surface area contributed by atoms with E-state index >= 15 is 0 Å². The monoisotopic (exact) mass is 361 g/mol. The van der Waals surface area contributed by atoms with Gasteiger partial charge in [0.2, 0.25) is 0 Å². The van der Waals surface area contributed by atoms with Gasteiger partial charge in [0.15, 0.2) is 6.10 Å². The Morgan fingerprint density at radius 2 is 1.68 bits per heavy atom. The van der Waals surface area contributed by atoms with E-state index in [1.54, 1.807) is 6.92 Å². The van der Waals surface area contributed by atoms with Crippen LogP contribution >= 0.6 is 15.9 Å². The second kappa shape index (κ2) is 7.45. The molecule has 2 rings (SSSR count). The fraction of sp³-hybridized carbons (Fsp3) is 0.278. The van der Waals surface area contributed by atoms with Gasteiger partial charge in [0.25, 0.3) is 5.91 Å². The molecule has 0 aliphatic rings. The molecule has 0 aromatic heterocycles. The van der Waals surface area contributed by atoms with Crippen LogP contribution in [0.5, 0.6) is 5.75 Å². The van der Waals surface area contributed by atoms with Crippen molar-refractivity contribution in [2.24, 2.45) is 0 Å². The van der Waals surface area contributed by atoms with Gasteiger partial charge in [-0.15, -0.1) is 0 Å². The molecular formula is C18H20BrNO2. The molecule has 1 atom stereocenters. The van der Waals surface area contributed by atoms with Gasteiger partial charge in [0.05, 0.1) is 5.69 Å². The number of hydrogen-bond donors (Lipinski definition) is 1. The van der Waals surface area contributed by atoms with Crippen molar-refractivity contribution in [1.29, 1.82) is 0 Å². The first kappa shape index (κ1) is 16.6. The van der Waals surface area contributed by atoms with Crippen LogP contribution in [-0.2, 0) is 4.79 Å². The molecule has 1 amide bonds. The number of ether oxygens (including phenoxy) is 1. The van der Waals surface area contributed by atoms with Gasteiger partial charge in [-0.05, 0) is 52.5 Å². The largest absolute Gasteiger partial charge is 0.481 e. The summed E-state index contributed by atoms with van der Waals surface area (Å²) >= 11 is 3.42. The number of halogens is 1. The summed E-state index contributed by atoms with van der Waals surface area (Å²) in [4.78, 5) is 12.3. The van der Waals surface area contributed by atoms with Gasteiger partial charge in [0, 0.05) is 4.47 Å². The topological polar surface area (TPSA) is 38.3 Å². The summed E-state index contributed by atoms with van der Waals surface area (Å²) in [5.41, 5.74) is 1.84. The van der Waals surface area contributed by atoms with Crippen LogP contribution in [0.15, 0.2) is 53.0 Å². The molecule has 22 heavy (non-hydrogen) atoms. The molecule has 0 heterocycles. The highest BCUT2D eigenvalue weighted by atomic mass is 79.9. The minimum atomic E-state index is -0.577. The predicted molar refractivity (Wildman–Crippen MR) is 93.4 cm³/mol. The Morgan fingerprint density at radius 3 is 2.36 bits per heavy atom. The molecule has 0 spiro atoms. The average molecular weight is 362 g/mol. The molecule has 0 saturated heterocycles. The van der Waals surface area contributed by atoms with Crippen molar-refractivity contribution >= 4 is 27.5 Å². The van der Waals surface area contributed by atoms with Crippen molar-refractivity contribution in [1.82, 2.24) is 0 Å². The van der Waals surface area contributed by atoms with Gasteiger partial charge in [0.1, 0.15) is 5.75 Å². The molecule has 2 aromatic rings. The smallest absolute Gasteiger partial charge is 0.265 e. The van der Waals surface area contributed by atoms with E-state index in [2.05, 4.69) is 35.1 Å². The SMILES string of the molecule is CC(C)c1ccccc1O[C@@H](C)C(=O)Nc1ccccc1Br. The number of rotatable bonds is 5. The summed E-state index contributed by atoms with van der Waals surface area (Å²) in [6.07, 6.45) is -0.577. The molecule has 2 aromatic carbocycles. The fourth-order valence-electron chi connectivity index (χ4n) is 2.11. The fourth-order valence-corrected chi connectivity index (χ4v) is 2.49. The molecule has 0 fully saturated rings. The van der Waals surface area contributed by atoms with E-state index in [1.165, 1.54) is 0 Å². The third kappa shape index (κ3) is 4.10. The normalized spacial score (nSPS) is 12.0. The van der Waals surface area contributed by atoms with Crippen LogP contribution in [0.3, 0.4) is 0 Å². The summed E-state index contributed by atoms with van der Waals surface area (Å²) in [6, 6.07) is 15.3. The standard InChI is InChI=1S/C18H20BrNO2/c1-12(2)14-8-4-7-11-17(14)22-13(3)18(21)20-16-10-6-5-9-15(16)19/h4-13H,1-3H3,(H,20,21)/t13-/m0/s1. The van der Waals surface area contributed by atoms with Crippen molar-refractivity contribution in [2.75, 3.05) is 5.32 Å². The van der Waals surface area contributed by atoms with E-state index in [0.29, 0.717) is 5.92 Å². The van der Waals surface area contributed by atoms with E-state index < -0.39 is 6.10 Å². The lowest BCUT2D eigenvalue weighted by Gasteiger charge is -2.19. The minimum Gasteiger partial charge on any atom is -0.481 e. The first-order valence-corrected chi connectivity index (χ1v) is 8.09. The zero-order chi connectivity index (χ0) is 16.1. The Labute approximate surface area is 139 Å². The Morgan fingerprint density at radius 1 is 1.05 bits per heavy atom. The molecule has 116 valence electrons. The van der Waals surface area contributed by atoms with E-state index in [1.807, 2.05) is 48.5 Å². The molecule has 0 unspecified atom stereocenters. The number of nitrogens with one attached hydrogen (secondary N) is 1. The summed E-state index contributed by atoms with van der Waals surface area (Å²) in [5.74, 6) is 0.924. The van der Waals surface area contributed by atoms with Crippen molar-refractivity contribution in [3.05, 3.63) is 58.6 Å². The van der Waals surface area contributed by atoms with Gasteiger partial charge in [-0.1, -0.05) is 44.2 Å². The van der Waals surface area contributed by atoms with Crippen LogP contribution in [0.1, 0.15) is 32.3 Å². The highest BCUT2D eigenvalue weighted by molar-refractivity contribution is 9.10. The van der Waals surface area contributed by atoms with Crippen LogP contribution in [0.4, 0.5) is 5.69 Å². The Kier molecular flexibility index (Phi) is 5.61. The van der Waals surface area contributed by atoms with Crippen LogP contribution in [0.25, 0.3) is 0 Å². The van der Waals surface area contributed by atoms with Crippen LogP contribution < -0.4 is 10.1 Å². The van der Waals surface area contributed by atoms with Gasteiger partial charge < -0.3 is 10.1 Å². The summed E-state index contributed by atoms with van der Waals surface area (Å²) < 4.78 is 6.70. The van der Waals surface area contributed by atoms with Gasteiger partial charge in [-0.2, -0.15) is 0 Å². The summed E-state index contributed by atoms with van der Waals surface area (Å²) in [6.45, 7) is 5.96. The van der Waals surface area contributed by atoms with Crippen molar-refractivity contribution in [2.45, 2.75) is 32.8 Å². The molecule has 0 aliphatic carbocycles. The second-order valence-corrected chi connectivity index (χ2v) is 6.28. The van der Waals surface area contributed by atoms with E-state index in [0.717, 1.165) is 21.5 Å². The molecule has 3 nitrogen and oxygen atoms in total. The highest BCUT2D eigenvalue weighted by Gasteiger charge is 2.18.